The maximum atomic E-state index is 4.60. The second kappa shape index (κ2) is 16.6. The number of hydrogen-bond acceptors (Lipinski definition) is 11. The Kier molecular flexibility index (Phi) is 11.3. The zero-order valence-corrected chi connectivity index (χ0v) is 32.7. The van der Waals surface area contributed by atoms with E-state index < -0.39 is 0 Å². The van der Waals surface area contributed by atoms with Crippen molar-refractivity contribution >= 4 is 51.6 Å². The van der Waals surface area contributed by atoms with Crippen LogP contribution in [0.2, 0.25) is 0 Å². The van der Waals surface area contributed by atoms with E-state index in [4.69, 9.17) is 0 Å². The first-order valence-corrected chi connectivity index (χ1v) is 17.7. The molecule has 2 aromatic carbocycles. The first kappa shape index (κ1) is 36.8. The molecule has 54 heavy (non-hydrogen) atoms. The Morgan fingerprint density at radius 3 is 1.89 bits per heavy atom. The smallest absolute Gasteiger partial charge is 0.143 e. The van der Waals surface area contributed by atoms with Crippen molar-refractivity contribution in [2.45, 2.75) is 32.6 Å². The van der Waals surface area contributed by atoms with Crippen LogP contribution >= 0.6 is 0 Å². The molecule has 7 heterocycles. The maximum Gasteiger partial charge on any atom is 0.143 e. The third kappa shape index (κ3) is 7.58. The molecule has 9 rings (SSSR count). The SMILES string of the molecule is CC(C)c1cc[c-]c(N2[CH-]N(C)c3nccnc32)c1.[Ir].[c-]1ccncc1N1[CH-]N(CCCCN2[CH-]N(c3[c-]ccnc3)c3ncccc32)c2ccccc21. The summed E-state index contributed by atoms with van der Waals surface area (Å²) in [7, 11) is 1.97. The molecule has 0 N–H and O–H groups in total. The van der Waals surface area contributed by atoms with Gasteiger partial charge in [-0.15, -0.1) is 18.4 Å². The number of unbranched alkanes of at least 4 members (excludes halogenated alkanes) is 1. The van der Waals surface area contributed by atoms with Crippen molar-refractivity contribution in [1.82, 2.24) is 24.9 Å². The summed E-state index contributed by atoms with van der Waals surface area (Å²) in [6, 6.07) is 32.2. The number of para-hydroxylation sites is 2. The quantitative estimate of drug-likeness (QED) is 0.104. The molecule has 0 unspecified atom stereocenters. The Balaban J connectivity index is 0.000000191. The van der Waals surface area contributed by atoms with E-state index in [1.165, 1.54) is 11.3 Å². The van der Waals surface area contributed by atoms with Crippen LogP contribution in [-0.2, 0) is 20.1 Å². The van der Waals surface area contributed by atoms with Gasteiger partial charge in [-0.1, -0.05) is 62.1 Å². The molecular formula is C42H39IrN11-6. The zero-order chi connectivity index (χ0) is 36.1. The molecule has 277 valence electrons. The van der Waals surface area contributed by atoms with Crippen LogP contribution < -0.4 is 29.4 Å². The number of nitrogens with zero attached hydrogens (tertiary/aromatic N) is 11. The van der Waals surface area contributed by atoms with E-state index in [1.807, 2.05) is 66.4 Å². The van der Waals surface area contributed by atoms with Crippen molar-refractivity contribution < 1.29 is 20.1 Å². The number of rotatable bonds is 9. The number of aromatic nitrogens is 5. The van der Waals surface area contributed by atoms with Gasteiger partial charge in [0.1, 0.15) is 17.5 Å². The molecule has 3 aliphatic heterocycles. The largest absolute Gasteiger partial charge is 0.501 e. The average molecular weight is 890 g/mol. The molecule has 0 bridgehead atoms. The molecule has 0 atom stereocenters. The fourth-order valence-electron chi connectivity index (χ4n) is 6.58. The molecule has 12 heteroatoms. The minimum absolute atomic E-state index is 0. The van der Waals surface area contributed by atoms with Gasteiger partial charge < -0.3 is 39.4 Å². The normalized spacial score (nSPS) is 14.1. The fourth-order valence-corrected chi connectivity index (χ4v) is 6.58. The first-order chi connectivity index (χ1) is 26.0. The molecule has 0 saturated carbocycles. The monoisotopic (exact) mass is 890 g/mol. The number of anilines is 9. The molecule has 3 aliphatic rings. The standard InChI is InChI=1S/C27H23N7.C15H16N4.Ir/c1-2-11-25-24(10-1)31(20-33(25)22-8-5-13-28-18-22)16-3-4-17-32-21-34(23-9-6-14-29-19-23)27-26(32)12-7-15-30-27;1-11(2)12-5-4-6-13(9-12)19-10-18(3)14-15(19)17-8-7-16-14;/h1-2,5-7,10-15,18-21H,3-4,16-17H2;4-5,7-11H,1-3H3;/q-4;-2;. The Morgan fingerprint density at radius 2 is 1.19 bits per heavy atom. The Bertz CT molecular complexity index is 2040. The van der Waals surface area contributed by atoms with Gasteiger partial charge in [0.15, 0.2) is 0 Å². The molecule has 1 radical (unpaired) electrons. The van der Waals surface area contributed by atoms with Crippen molar-refractivity contribution in [2.24, 2.45) is 0 Å². The van der Waals surface area contributed by atoms with Crippen LogP contribution in [0.25, 0.3) is 0 Å². The summed E-state index contributed by atoms with van der Waals surface area (Å²) in [6.45, 7) is 12.5. The third-order valence-electron chi connectivity index (χ3n) is 9.26. The van der Waals surface area contributed by atoms with Gasteiger partial charge in [-0.25, -0.2) is 15.0 Å². The van der Waals surface area contributed by atoms with Crippen LogP contribution in [0.3, 0.4) is 0 Å². The van der Waals surface area contributed by atoms with Gasteiger partial charge in [0.05, 0.1) is 0 Å². The first-order valence-electron chi connectivity index (χ1n) is 17.7. The molecule has 0 saturated heterocycles. The summed E-state index contributed by atoms with van der Waals surface area (Å²) in [6.07, 6.45) is 14.5. The van der Waals surface area contributed by atoms with Gasteiger partial charge in [-0.2, -0.15) is 61.4 Å². The summed E-state index contributed by atoms with van der Waals surface area (Å²) in [5, 5.41) is 0. The Morgan fingerprint density at radius 1 is 0.593 bits per heavy atom. The van der Waals surface area contributed by atoms with Crippen LogP contribution in [0.15, 0.2) is 110 Å². The summed E-state index contributed by atoms with van der Waals surface area (Å²) in [4.78, 5) is 34.6. The topological polar surface area (TPSA) is 83.9 Å². The molecule has 4 aromatic heterocycles. The molecule has 0 fully saturated rings. The summed E-state index contributed by atoms with van der Waals surface area (Å²) < 4.78 is 0. The van der Waals surface area contributed by atoms with E-state index in [0.717, 1.165) is 71.8 Å². The third-order valence-corrected chi connectivity index (χ3v) is 9.26. The number of fused-ring (bicyclic) bond motifs is 3. The van der Waals surface area contributed by atoms with E-state index >= 15 is 0 Å². The van der Waals surface area contributed by atoms with Gasteiger partial charge >= 0.3 is 0 Å². The molecular weight excluding hydrogens is 851 g/mol. The average Bonchev–Trinajstić information content (AvgIpc) is 3.89. The van der Waals surface area contributed by atoms with E-state index in [1.54, 1.807) is 24.8 Å². The number of benzene rings is 2. The van der Waals surface area contributed by atoms with Crippen LogP contribution in [0.5, 0.6) is 0 Å². The Hall–Kier alpha value is -5.58. The van der Waals surface area contributed by atoms with Crippen molar-refractivity contribution in [1.29, 1.82) is 0 Å². The minimum atomic E-state index is 0. The predicted molar refractivity (Wildman–Crippen MR) is 210 cm³/mol. The van der Waals surface area contributed by atoms with Crippen LogP contribution in [0, 0.1) is 38.2 Å². The summed E-state index contributed by atoms with van der Waals surface area (Å²) >= 11 is 0. The summed E-state index contributed by atoms with van der Waals surface area (Å²) in [5.74, 6) is 3.12. The molecule has 6 aromatic rings. The second-order valence-corrected chi connectivity index (χ2v) is 13.1. The van der Waals surface area contributed by atoms with E-state index in [9.17, 15) is 0 Å². The Labute approximate surface area is 331 Å². The minimum Gasteiger partial charge on any atom is -0.501 e. The van der Waals surface area contributed by atoms with Crippen LogP contribution in [-0.4, -0.2) is 45.1 Å². The fraction of sp³-hybridized carbons (Fsp3) is 0.190. The van der Waals surface area contributed by atoms with Crippen LogP contribution in [0.4, 0.5) is 51.6 Å². The molecule has 0 aliphatic carbocycles. The van der Waals surface area contributed by atoms with Gasteiger partial charge in [-0.05, 0) is 63.2 Å². The summed E-state index contributed by atoms with van der Waals surface area (Å²) in [5.41, 5.74) is 7.60. The molecule has 0 spiro atoms. The van der Waals surface area contributed by atoms with Gasteiger partial charge in [0.25, 0.3) is 0 Å². The van der Waals surface area contributed by atoms with Crippen LogP contribution in [0.1, 0.15) is 38.2 Å². The van der Waals surface area contributed by atoms with Crippen molar-refractivity contribution in [3.8, 4) is 0 Å². The van der Waals surface area contributed by atoms with E-state index in [2.05, 4.69) is 132 Å². The van der Waals surface area contributed by atoms with E-state index in [-0.39, 0.29) is 20.1 Å². The van der Waals surface area contributed by atoms with Gasteiger partial charge in [0, 0.05) is 55.8 Å². The van der Waals surface area contributed by atoms with Crippen molar-refractivity contribution in [3.63, 3.8) is 0 Å². The molecule has 11 nitrogen and oxygen atoms in total. The van der Waals surface area contributed by atoms with Gasteiger partial charge in [-0.3, -0.25) is 0 Å². The van der Waals surface area contributed by atoms with Crippen molar-refractivity contribution in [3.05, 3.63) is 154 Å². The number of pyridine rings is 3. The predicted octanol–water partition coefficient (Wildman–Crippen LogP) is 8.21. The molecule has 0 amide bonds. The second-order valence-electron chi connectivity index (χ2n) is 13.1. The van der Waals surface area contributed by atoms with Gasteiger partial charge in [0.2, 0.25) is 0 Å². The van der Waals surface area contributed by atoms with E-state index in [0.29, 0.717) is 5.92 Å². The maximum absolute atomic E-state index is 4.60. The van der Waals surface area contributed by atoms with Crippen molar-refractivity contribution in [2.75, 3.05) is 49.5 Å². The zero-order valence-electron chi connectivity index (χ0n) is 30.3. The number of hydrogen-bond donors (Lipinski definition) is 0.